The number of rotatable bonds is 6. The number of aromatic nitrogens is 6. The van der Waals surface area contributed by atoms with Crippen molar-refractivity contribution < 1.29 is 14.7 Å². The number of nitrogens with one attached hydrogen (secondary N) is 2. The Kier molecular flexibility index (Phi) is 7.50. The Bertz CT molecular complexity index is 2180. The number of para-hydroxylation sites is 1. The topological polar surface area (TPSA) is 178 Å². The van der Waals surface area contributed by atoms with Crippen molar-refractivity contribution in [3.05, 3.63) is 99.9 Å². The molecule has 7 rings (SSSR count). The molecule has 1 fully saturated rings. The summed E-state index contributed by atoms with van der Waals surface area (Å²) in [5.74, 6) is 6.35. The molecule has 0 spiro atoms. The van der Waals surface area contributed by atoms with Crippen LogP contribution in [0.2, 0.25) is 0 Å². The highest BCUT2D eigenvalue weighted by molar-refractivity contribution is 6.04. The number of hydrogen-bond acceptors (Lipinski definition) is 9. The third-order valence-electron chi connectivity index (χ3n) is 8.14. The molecule has 47 heavy (non-hydrogen) atoms. The van der Waals surface area contributed by atoms with Crippen LogP contribution in [-0.2, 0) is 4.79 Å². The third-order valence-corrected chi connectivity index (χ3v) is 8.14. The predicted molar refractivity (Wildman–Crippen MR) is 175 cm³/mol. The van der Waals surface area contributed by atoms with E-state index in [9.17, 15) is 14.4 Å². The van der Waals surface area contributed by atoms with E-state index in [0.717, 1.165) is 0 Å². The van der Waals surface area contributed by atoms with E-state index in [1.807, 2.05) is 24.3 Å². The second-order valence-electron chi connectivity index (χ2n) is 11.2. The highest BCUT2D eigenvalue weighted by Crippen LogP contribution is 2.26. The molecule has 1 unspecified atom stereocenters. The number of nitrogens with zero attached hydrogens (tertiary/aromatic N) is 7. The Morgan fingerprint density at radius 3 is 2.74 bits per heavy atom. The highest BCUT2D eigenvalue weighted by atomic mass is 16.3. The lowest BCUT2D eigenvalue weighted by Gasteiger charge is -2.38. The molecule has 1 saturated heterocycles. The maximum atomic E-state index is 14.3. The van der Waals surface area contributed by atoms with Gasteiger partial charge in [-0.1, -0.05) is 36.1 Å². The smallest absolute Gasteiger partial charge is 0.267 e. The Balaban J connectivity index is 1.23. The van der Waals surface area contributed by atoms with E-state index in [4.69, 9.17) is 15.8 Å². The summed E-state index contributed by atoms with van der Waals surface area (Å²) < 4.78 is 4.76. The van der Waals surface area contributed by atoms with E-state index in [-0.39, 0.29) is 28.9 Å². The largest absolute Gasteiger partial charge is 0.387 e. The minimum Gasteiger partial charge on any atom is -0.387 e. The number of anilines is 2. The molecule has 14 heteroatoms. The summed E-state index contributed by atoms with van der Waals surface area (Å²) in [5.41, 5.74) is 8.13. The van der Waals surface area contributed by atoms with Gasteiger partial charge in [0.2, 0.25) is 5.91 Å². The van der Waals surface area contributed by atoms with Crippen LogP contribution >= 0.6 is 0 Å². The molecule has 0 saturated carbocycles. The van der Waals surface area contributed by atoms with Gasteiger partial charge >= 0.3 is 0 Å². The molecule has 0 aliphatic carbocycles. The van der Waals surface area contributed by atoms with Gasteiger partial charge in [0, 0.05) is 37.6 Å². The van der Waals surface area contributed by atoms with Crippen molar-refractivity contribution in [3.63, 3.8) is 0 Å². The van der Waals surface area contributed by atoms with Crippen LogP contribution in [0.4, 0.5) is 11.6 Å². The number of nitrogen functional groups attached to an aromatic ring is 1. The van der Waals surface area contributed by atoms with Crippen LogP contribution < -0.4 is 21.9 Å². The number of carbonyl (C=O) groups excluding carboxylic acids is 2. The molecule has 3 aromatic heterocycles. The van der Waals surface area contributed by atoms with Crippen molar-refractivity contribution in [2.75, 3.05) is 37.3 Å². The van der Waals surface area contributed by atoms with Gasteiger partial charge in [-0.3, -0.25) is 23.6 Å². The lowest BCUT2D eigenvalue weighted by atomic mass is 10.1. The number of nitrogens with two attached hydrogens (primary N) is 1. The van der Waals surface area contributed by atoms with E-state index in [0.29, 0.717) is 59.0 Å². The molecule has 5 N–H and O–H groups in total. The monoisotopic (exact) mass is 630 g/mol. The molecule has 0 radical (unpaired) electrons. The zero-order valence-corrected chi connectivity index (χ0v) is 25.3. The van der Waals surface area contributed by atoms with Crippen LogP contribution in [0.5, 0.6) is 0 Å². The zero-order valence-electron chi connectivity index (χ0n) is 25.3. The first-order valence-electron chi connectivity index (χ1n) is 15.0. The summed E-state index contributed by atoms with van der Waals surface area (Å²) in [7, 11) is 0. The summed E-state index contributed by atoms with van der Waals surface area (Å²) in [6.07, 6.45) is 7.02. The summed E-state index contributed by atoms with van der Waals surface area (Å²) in [6.45, 7) is 2.71. The Morgan fingerprint density at radius 2 is 1.96 bits per heavy atom. The molecule has 2 aliphatic rings. The number of fused-ring (bicyclic) bond motifs is 2. The van der Waals surface area contributed by atoms with E-state index < -0.39 is 18.6 Å². The molecule has 1 atom stereocenters. The molecule has 2 aliphatic heterocycles. The number of carbonyl (C=O) groups is 2. The van der Waals surface area contributed by atoms with Crippen molar-refractivity contribution in [2.24, 2.45) is 0 Å². The van der Waals surface area contributed by atoms with Crippen molar-refractivity contribution >= 4 is 40.6 Å². The Morgan fingerprint density at radius 1 is 1.15 bits per heavy atom. The third kappa shape index (κ3) is 5.38. The van der Waals surface area contributed by atoms with Gasteiger partial charge < -0.3 is 26.4 Å². The summed E-state index contributed by atoms with van der Waals surface area (Å²) >= 11 is 0. The van der Waals surface area contributed by atoms with Gasteiger partial charge in [0.25, 0.3) is 11.5 Å². The number of likely N-dealkylation sites (tertiary alicyclic amines) is 1. The fraction of sp³-hybridized carbons (Fsp3) is 0.212. The number of aliphatic hydroxyl groups is 1. The maximum absolute atomic E-state index is 14.3. The summed E-state index contributed by atoms with van der Waals surface area (Å²) in [6, 6.07) is 13.7. The fourth-order valence-corrected chi connectivity index (χ4v) is 5.73. The molecular formula is C33H30N10O4. The van der Waals surface area contributed by atoms with Gasteiger partial charge in [0.05, 0.1) is 40.4 Å². The first-order chi connectivity index (χ1) is 22.8. The van der Waals surface area contributed by atoms with Gasteiger partial charge in [-0.2, -0.15) is 5.10 Å². The van der Waals surface area contributed by atoms with Gasteiger partial charge in [0.1, 0.15) is 23.8 Å². The van der Waals surface area contributed by atoms with Crippen LogP contribution in [0.1, 0.15) is 46.3 Å². The summed E-state index contributed by atoms with van der Waals surface area (Å²) in [4.78, 5) is 45.9. The zero-order chi connectivity index (χ0) is 32.7. The average Bonchev–Trinajstić information content (AvgIpc) is 3.66. The van der Waals surface area contributed by atoms with Crippen LogP contribution in [-0.4, -0.2) is 77.2 Å². The van der Waals surface area contributed by atoms with Gasteiger partial charge in [-0.15, -0.1) is 5.10 Å². The maximum Gasteiger partial charge on any atom is 0.267 e. The highest BCUT2D eigenvalue weighted by Gasteiger charge is 2.32. The van der Waals surface area contributed by atoms with Crippen molar-refractivity contribution in [2.45, 2.75) is 19.0 Å². The second-order valence-corrected chi connectivity index (χ2v) is 11.2. The predicted octanol–water partition coefficient (Wildman–Crippen LogP) is 1.52. The van der Waals surface area contributed by atoms with Crippen LogP contribution in [0.15, 0.2) is 71.8 Å². The lowest BCUT2D eigenvalue weighted by Crippen LogP contribution is -2.51. The molecule has 5 heterocycles. The van der Waals surface area contributed by atoms with E-state index in [1.165, 1.54) is 9.25 Å². The number of aliphatic hydroxyl groups excluding tert-OH is 1. The van der Waals surface area contributed by atoms with Gasteiger partial charge in [-0.25, -0.2) is 9.67 Å². The average molecular weight is 631 g/mol. The molecule has 0 bridgehead atoms. The van der Waals surface area contributed by atoms with Crippen LogP contribution in [0.3, 0.4) is 0 Å². The molecular weight excluding hydrogens is 600 g/mol. The number of benzene rings is 2. The Hall–Kier alpha value is -6.20. The second kappa shape index (κ2) is 12.0. The van der Waals surface area contributed by atoms with E-state index in [1.54, 1.807) is 65.4 Å². The normalized spacial score (nSPS) is 14.5. The lowest BCUT2D eigenvalue weighted by molar-refractivity contribution is -0.140. The SMILES string of the molecule is CC(NC(=O)c1c(N)nn2c1NCC=C2)c1nc2cccc(C#Cc3cnn(C4CN(C(=O)CO)C4)c3)c2c(=O)n1-c1ccccc1. The Labute approximate surface area is 268 Å². The first-order valence-corrected chi connectivity index (χ1v) is 15.0. The molecule has 2 amide bonds. The number of amides is 2. The molecule has 14 nitrogen and oxygen atoms in total. The molecule has 5 aromatic rings. The van der Waals surface area contributed by atoms with E-state index >= 15 is 0 Å². The van der Waals surface area contributed by atoms with Crippen LogP contribution in [0, 0.1) is 11.8 Å². The minimum atomic E-state index is -0.704. The van der Waals surface area contributed by atoms with Gasteiger partial charge in [0.15, 0.2) is 5.82 Å². The fourth-order valence-electron chi connectivity index (χ4n) is 5.73. The van der Waals surface area contributed by atoms with Crippen molar-refractivity contribution in [3.8, 4) is 17.5 Å². The standard InChI is InChI=1S/C33H30N10O4/c1-20(37-32(46)28-29(34)39-41-14-6-13-35-31(28)41)30-38-25-10-5-7-22(27(25)33(47)43(30)23-8-3-2-4-9-23)12-11-21-15-36-42(16-21)24-17-40(18-24)26(45)19-44/h2-10,14-16,20,24,35,44H,13,17-19H2,1H3,(H2,34,39)(H,37,46). The minimum absolute atomic E-state index is 0.00544. The van der Waals surface area contributed by atoms with Crippen molar-refractivity contribution in [1.82, 2.24) is 39.3 Å². The number of hydrogen-bond donors (Lipinski definition) is 4. The molecule has 2 aromatic carbocycles. The quantitative estimate of drug-likeness (QED) is 0.203. The first kappa shape index (κ1) is 29.5. The molecule has 236 valence electrons. The van der Waals surface area contributed by atoms with Crippen LogP contribution in [0.25, 0.3) is 22.8 Å². The summed E-state index contributed by atoms with van der Waals surface area (Å²) in [5, 5.41) is 24.1. The van der Waals surface area contributed by atoms with E-state index in [2.05, 4.69) is 32.7 Å². The van der Waals surface area contributed by atoms with Crippen molar-refractivity contribution in [1.29, 1.82) is 0 Å². The van der Waals surface area contributed by atoms with Gasteiger partial charge in [-0.05, 0) is 37.3 Å².